The van der Waals surface area contributed by atoms with Crippen LogP contribution in [0.3, 0.4) is 0 Å². The average Bonchev–Trinajstić information content (AvgIpc) is 2.66. The van der Waals surface area contributed by atoms with Crippen molar-refractivity contribution in [2.24, 2.45) is 5.73 Å². The molecule has 0 radical (unpaired) electrons. The fraction of sp³-hybridized carbons (Fsp3) is 0.250. The summed E-state index contributed by atoms with van der Waals surface area (Å²) in [6, 6.07) is 6.48. The molecule has 4 heteroatoms. The minimum atomic E-state index is -0.225. The Balaban J connectivity index is 2.14. The molecule has 0 amide bonds. The molecular formula is C12H14FN3. The first-order valence-electron chi connectivity index (χ1n) is 5.17. The lowest BCUT2D eigenvalue weighted by Gasteiger charge is -2.02. The smallest absolute Gasteiger partial charge is 0.123 e. The van der Waals surface area contributed by atoms with Gasteiger partial charge < -0.3 is 5.73 Å². The summed E-state index contributed by atoms with van der Waals surface area (Å²) >= 11 is 0. The van der Waals surface area contributed by atoms with E-state index in [1.807, 2.05) is 19.2 Å². The Morgan fingerprint density at radius 1 is 1.50 bits per heavy atom. The molecule has 3 nitrogen and oxygen atoms in total. The molecule has 1 atom stereocenters. The van der Waals surface area contributed by atoms with Crippen molar-refractivity contribution in [3.05, 3.63) is 53.6 Å². The highest BCUT2D eigenvalue weighted by atomic mass is 19.1. The lowest BCUT2D eigenvalue weighted by Crippen LogP contribution is -2.04. The zero-order chi connectivity index (χ0) is 11.5. The zero-order valence-electron chi connectivity index (χ0n) is 9.10. The summed E-state index contributed by atoms with van der Waals surface area (Å²) in [5.41, 5.74) is 7.60. The van der Waals surface area contributed by atoms with Gasteiger partial charge in [0.15, 0.2) is 0 Å². The van der Waals surface area contributed by atoms with Crippen LogP contribution in [-0.2, 0) is 6.54 Å². The van der Waals surface area contributed by atoms with Crippen molar-refractivity contribution in [1.82, 2.24) is 9.78 Å². The topological polar surface area (TPSA) is 43.8 Å². The fourth-order valence-corrected chi connectivity index (χ4v) is 1.52. The molecule has 0 bridgehead atoms. The second-order valence-electron chi connectivity index (χ2n) is 3.89. The fourth-order valence-electron chi connectivity index (χ4n) is 1.52. The SMILES string of the molecule is C[C@@H](N)c1cnn(Cc2cccc(F)c2)c1. The maximum absolute atomic E-state index is 13.0. The van der Waals surface area contributed by atoms with E-state index >= 15 is 0 Å². The Bertz CT molecular complexity index is 477. The highest BCUT2D eigenvalue weighted by molar-refractivity contribution is 5.17. The summed E-state index contributed by atoms with van der Waals surface area (Å²) < 4.78 is 14.7. The molecule has 2 aromatic rings. The first-order valence-corrected chi connectivity index (χ1v) is 5.17. The summed E-state index contributed by atoms with van der Waals surface area (Å²) in [5.74, 6) is -0.225. The molecule has 0 aliphatic carbocycles. The Hall–Kier alpha value is -1.68. The standard InChI is InChI=1S/C12H14FN3/c1-9(14)11-6-15-16(8-11)7-10-3-2-4-12(13)5-10/h2-6,8-9H,7,14H2,1H3/t9-/m1/s1. The van der Waals surface area contributed by atoms with E-state index in [0.717, 1.165) is 11.1 Å². The third kappa shape index (κ3) is 2.46. The zero-order valence-corrected chi connectivity index (χ0v) is 9.10. The van der Waals surface area contributed by atoms with Crippen LogP contribution in [0.1, 0.15) is 24.1 Å². The van der Waals surface area contributed by atoms with Gasteiger partial charge in [0, 0.05) is 17.8 Å². The minimum Gasteiger partial charge on any atom is -0.324 e. The van der Waals surface area contributed by atoms with E-state index in [0.29, 0.717) is 6.54 Å². The van der Waals surface area contributed by atoms with E-state index in [1.54, 1.807) is 16.9 Å². The Kier molecular flexibility index (Phi) is 3.01. The molecule has 2 N–H and O–H groups in total. The predicted octanol–water partition coefficient (Wildman–Crippen LogP) is 2.09. The highest BCUT2D eigenvalue weighted by Gasteiger charge is 2.03. The summed E-state index contributed by atoms with van der Waals surface area (Å²) in [7, 11) is 0. The number of rotatable bonds is 3. The van der Waals surface area contributed by atoms with Gasteiger partial charge >= 0.3 is 0 Å². The molecule has 0 aliphatic heterocycles. The van der Waals surface area contributed by atoms with E-state index in [-0.39, 0.29) is 11.9 Å². The van der Waals surface area contributed by atoms with Crippen LogP contribution in [0.25, 0.3) is 0 Å². The van der Waals surface area contributed by atoms with Crippen molar-refractivity contribution in [1.29, 1.82) is 0 Å². The molecule has 84 valence electrons. The van der Waals surface area contributed by atoms with Gasteiger partial charge in [-0.1, -0.05) is 12.1 Å². The van der Waals surface area contributed by atoms with E-state index in [9.17, 15) is 4.39 Å². The van der Waals surface area contributed by atoms with Gasteiger partial charge in [-0.05, 0) is 24.6 Å². The first-order chi connectivity index (χ1) is 7.65. The number of nitrogens with two attached hydrogens (primary N) is 1. The Morgan fingerprint density at radius 2 is 2.31 bits per heavy atom. The Labute approximate surface area is 93.7 Å². The summed E-state index contributed by atoms with van der Waals surface area (Å²) in [5, 5.41) is 4.18. The first kappa shape index (κ1) is 10.8. The van der Waals surface area contributed by atoms with Crippen molar-refractivity contribution >= 4 is 0 Å². The summed E-state index contributed by atoms with van der Waals surface area (Å²) in [6.07, 6.45) is 3.62. The molecule has 1 aromatic heterocycles. The third-order valence-electron chi connectivity index (χ3n) is 2.41. The highest BCUT2D eigenvalue weighted by Crippen LogP contribution is 2.10. The number of hydrogen-bond acceptors (Lipinski definition) is 2. The van der Waals surface area contributed by atoms with Crippen LogP contribution in [0, 0.1) is 5.82 Å². The molecule has 0 unspecified atom stereocenters. The second kappa shape index (κ2) is 4.45. The van der Waals surface area contributed by atoms with E-state index in [4.69, 9.17) is 5.73 Å². The molecule has 1 aromatic carbocycles. The van der Waals surface area contributed by atoms with Gasteiger partial charge in [-0.2, -0.15) is 5.10 Å². The molecule has 0 fully saturated rings. The quantitative estimate of drug-likeness (QED) is 0.859. The molecule has 0 saturated carbocycles. The molecule has 1 heterocycles. The van der Waals surface area contributed by atoms with Crippen molar-refractivity contribution in [3.63, 3.8) is 0 Å². The van der Waals surface area contributed by atoms with Gasteiger partial charge in [0.2, 0.25) is 0 Å². The van der Waals surface area contributed by atoms with Crippen LogP contribution in [0.2, 0.25) is 0 Å². The molecule has 0 saturated heterocycles. The van der Waals surface area contributed by atoms with Crippen LogP contribution < -0.4 is 5.73 Å². The minimum absolute atomic E-state index is 0.0266. The maximum Gasteiger partial charge on any atom is 0.123 e. The second-order valence-corrected chi connectivity index (χ2v) is 3.89. The molecule has 16 heavy (non-hydrogen) atoms. The van der Waals surface area contributed by atoms with E-state index < -0.39 is 0 Å². The van der Waals surface area contributed by atoms with Crippen LogP contribution in [0.5, 0.6) is 0 Å². The number of nitrogens with zero attached hydrogens (tertiary/aromatic N) is 2. The predicted molar refractivity (Wildman–Crippen MR) is 60.3 cm³/mol. The van der Waals surface area contributed by atoms with E-state index in [2.05, 4.69) is 5.10 Å². The lowest BCUT2D eigenvalue weighted by molar-refractivity contribution is 0.619. The summed E-state index contributed by atoms with van der Waals surface area (Å²) in [4.78, 5) is 0. The molecular weight excluding hydrogens is 205 g/mol. The lowest BCUT2D eigenvalue weighted by atomic mass is 10.2. The molecule has 0 aliphatic rings. The van der Waals surface area contributed by atoms with Gasteiger partial charge in [-0.15, -0.1) is 0 Å². The number of aromatic nitrogens is 2. The molecule has 0 spiro atoms. The van der Waals surface area contributed by atoms with Crippen LogP contribution in [0.15, 0.2) is 36.7 Å². The van der Waals surface area contributed by atoms with Crippen molar-refractivity contribution in [3.8, 4) is 0 Å². The number of halogens is 1. The van der Waals surface area contributed by atoms with Gasteiger partial charge in [-0.3, -0.25) is 4.68 Å². The average molecular weight is 219 g/mol. The normalized spacial score (nSPS) is 12.7. The van der Waals surface area contributed by atoms with Gasteiger partial charge in [0.05, 0.1) is 12.7 Å². The van der Waals surface area contributed by atoms with Gasteiger partial charge in [0.1, 0.15) is 5.82 Å². The van der Waals surface area contributed by atoms with Crippen LogP contribution in [0.4, 0.5) is 4.39 Å². The van der Waals surface area contributed by atoms with Crippen LogP contribution >= 0.6 is 0 Å². The van der Waals surface area contributed by atoms with Crippen molar-refractivity contribution in [2.45, 2.75) is 19.5 Å². The Morgan fingerprint density at radius 3 is 2.94 bits per heavy atom. The monoisotopic (exact) mass is 219 g/mol. The summed E-state index contributed by atoms with van der Waals surface area (Å²) in [6.45, 7) is 2.47. The van der Waals surface area contributed by atoms with Gasteiger partial charge in [0.25, 0.3) is 0 Å². The largest absolute Gasteiger partial charge is 0.324 e. The van der Waals surface area contributed by atoms with Crippen molar-refractivity contribution < 1.29 is 4.39 Å². The van der Waals surface area contributed by atoms with E-state index in [1.165, 1.54) is 12.1 Å². The number of hydrogen-bond donors (Lipinski definition) is 1. The number of benzene rings is 1. The third-order valence-corrected chi connectivity index (χ3v) is 2.41. The van der Waals surface area contributed by atoms with Crippen molar-refractivity contribution in [2.75, 3.05) is 0 Å². The van der Waals surface area contributed by atoms with Crippen LogP contribution in [-0.4, -0.2) is 9.78 Å². The van der Waals surface area contributed by atoms with Gasteiger partial charge in [-0.25, -0.2) is 4.39 Å². The molecule has 2 rings (SSSR count). The maximum atomic E-state index is 13.0.